The molecule has 2 N–H and O–H groups in total. The van der Waals surface area contributed by atoms with E-state index >= 15 is 0 Å². The first-order chi connectivity index (χ1) is 15.2. The number of nitrogens with zero attached hydrogens (tertiary/aromatic N) is 1. The van der Waals surface area contributed by atoms with Gasteiger partial charge in [-0.1, -0.05) is 0 Å². The smallest absolute Gasteiger partial charge is 0.253 e. The molecule has 0 radical (unpaired) electrons. The predicted octanol–water partition coefficient (Wildman–Crippen LogP) is 3.14. The highest BCUT2D eigenvalue weighted by Gasteiger charge is 2.34. The lowest BCUT2D eigenvalue weighted by Gasteiger charge is -2.36. The van der Waals surface area contributed by atoms with Crippen LogP contribution in [0.2, 0.25) is 0 Å². The maximum absolute atomic E-state index is 13.2. The normalized spacial score (nSPS) is 15.3. The van der Waals surface area contributed by atoms with Gasteiger partial charge in [-0.15, -0.1) is 0 Å². The average molecular weight is 443 g/mol. The number of piperidine rings is 1. The summed E-state index contributed by atoms with van der Waals surface area (Å²) in [5.41, 5.74) is 0.668. The van der Waals surface area contributed by atoms with Crippen molar-refractivity contribution in [2.45, 2.75) is 38.8 Å². The zero-order chi connectivity index (χ0) is 23.3. The fraction of sp³-hybridized carbons (Fsp3) is 0.375. The summed E-state index contributed by atoms with van der Waals surface area (Å²) < 4.78 is 26.3. The fourth-order valence-electron chi connectivity index (χ4n) is 3.81. The molecule has 6 nitrogen and oxygen atoms in total. The topological polar surface area (TPSA) is 78.5 Å². The van der Waals surface area contributed by atoms with Crippen molar-refractivity contribution in [1.82, 2.24) is 15.5 Å². The van der Waals surface area contributed by atoms with E-state index in [9.17, 15) is 23.2 Å². The molecule has 170 valence electrons. The van der Waals surface area contributed by atoms with E-state index in [0.717, 1.165) is 0 Å². The molecule has 1 saturated heterocycles. The SMILES string of the molecule is CC(C)NC(=O)C(NC(=O)c1ccc(F)cc1)C1CCN(C(=O)c2ccc(F)cc2)CC1. The lowest BCUT2D eigenvalue weighted by molar-refractivity contribution is -0.125. The molecule has 1 fully saturated rings. The summed E-state index contributed by atoms with van der Waals surface area (Å²) in [7, 11) is 0. The molecule has 0 spiro atoms. The highest BCUT2D eigenvalue weighted by Crippen LogP contribution is 2.23. The van der Waals surface area contributed by atoms with Crippen molar-refractivity contribution in [2.75, 3.05) is 13.1 Å². The molecule has 32 heavy (non-hydrogen) atoms. The van der Waals surface area contributed by atoms with Crippen LogP contribution in [0.5, 0.6) is 0 Å². The van der Waals surface area contributed by atoms with Crippen LogP contribution in [0.3, 0.4) is 0 Å². The predicted molar refractivity (Wildman–Crippen MR) is 116 cm³/mol. The number of carbonyl (C=O) groups is 3. The molecule has 1 heterocycles. The Balaban J connectivity index is 1.68. The van der Waals surface area contributed by atoms with Crippen LogP contribution in [0.25, 0.3) is 0 Å². The lowest BCUT2D eigenvalue weighted by Crippen LogP contribution is -2.54. The maximum Gasteiger partial charge on any atom is 0.253 e. The van der Waals surface area contributed by atoms with Crippen molar-refractivity contribution >= 4 is 17.7 Å². The van der Waals surface area contributed by atoms with Crippen LogP contribution in [0.15, 0.2) is 48.5 Å². The third kappa shape index (κ3) is 5.90. The summed E-state index contributed by atoms with van der Waals surface area (Å²) >= 11 is 0. The Morgan fingerprint density at radius 3 is 1.84 bits per heavy atom. The van der Waals surface area contributed by atoms with E-state index in [0.29, 0.717) is 31.5 Å². The second-order valence-electron chi connectivity index (χ2n) is 8.26. The second-order valence-corrected chi connectivity index (χ2v) is 8.26. The maximum atomic E-state index is 13.2. The van der Waals surface area contributed by atoms with E-state index in [4.69, 9.17) is 0 Å². The number of rotatable bonds is 6. The van der Waals surface area contributed by atoms with E-state index in [-0.39, 0.29) is 29.3 Å². The highest BCUT2D eigenvalue weighted by atomic mass is 19.1. The van der Waals surface area contributed by atoms with Gasteiger partial charge in [0.15, 0.2) is 0 Å². The third-order valence-electron chi connectivity index (χ3n) is 5.50. The molecule has 0 bridgehead atoms. The van der Waals surface area contributed by atoms with Gasteiger partial charge in [-0.05, 0) is 81.1 Å². The summed E-state index contributed by atoms with van der Waals surface area (Å²) in [6.07, 6.45) is 1.04. The average Bonchev–Trinajstić information content (AvgIpc) is 2.77. The van der Waals surface area contributed by atoms with E-state index in [2.05, 4.69) is 10.6 Å². The number of carbonyl (C=O) groups excluding carboxylic acids is 3. The van der Waals surface area contributed by atoms with E-state index in [1.165, 1.54) is 48.5 Å². The molecule has 2 aromatic rings. The summed E-state index contributed by atoms with van der Waals surface area (Å²) in [5.74, 6) is -1.97. The number of likely N-dealkylation sites (tertiary alicyclic amines) is 1. The Hall–Kier alpha value is -3.29. The van der Waals surface area contributed by atoms with Gasteiger partial charge in [0.25, 0.3) is 11.8 Å². The number of benzene rings is 2. The standard InChI is InChI=1S/C24H27F2N3O3/c1-15(2)27-23(31)21(28-22(30)17-3-7-19(25)8-4-17)16-11-13-29(14-12-16)24(32)18-5-9-20(26)10-6-18/h3-10,15-16,21H,11-14H2,1-2H3,(H,27,31)(H,28,30). The van der Waals surface area contributed by atoms with Crippen LogP contribution >= 0.6 is 0 Å². The van der Waals surface area contributed by atoms with Crippen LogP contribution in [0.4, 0.5) is 8.78 Å². The van der Waals surface area contributed by atoms with Crippen molar-refractivity contribution in [3.05, 3.63) is 71.3 Å². The molecule has 1 atom stereocenters. The van der Waals surface area contributed by atoms with Crippen molar-refractivity contribution in [2.24, 2.45) is 5.92 Å². The van der Waals surface area contributed by atoms with Gasteiger partial charge < -0.3 is 15.5 Å². The minimum Gasteiger partial charge on any atom is -0.352 e. The van der Waals surface area contributed by atoms with Crippen molar-refractivity contribution in [3.8, 4) is 0 Å². The Bertz CT molecular complexity index is 953. The molecule has 0 aromatic heterocycles. The molecular weight excluding hydrogens is 416 g/mol. The molecule has 1 aliphatic rings. The van der Waals surface area contributed by atoms with E-state index in [1.54, 1.807) is 4.90 Å². The zero-order valence-electron chi connectivity index (χ0n) is 18.1. The molecule has 3 amide bonds. The number of hydrogen-bond donors (Lipinski definition) is 2. The van der Waals surface area contributed by atoms with Gasteiger partial charge >= 0.3 is 0 Å². The monoisotopic (exact) mass is 443 g/mol. The Labute approximate surface area is 186 Å². The van der Waals surface area contributed by atoms with Crippen LogP contribution in [0, 0.1) is 17.6 Å². The number of halogens is 2. The first-order valence-electron chi connectivity index (χ1n) is 10.7. The molecule has 1 unspecified atom stereocenters. The van der Waals surface area contributed by atoms with Crippen molar-refractivity contribution in [1.29, 1.82) is 0 Å². The fourth-order valence-corrected chi connectivity index (χ4v) is 3.81. The van der Waals surface area contributed by atoms with Gasteiger partial charge in [0, 0.05) is 30.3 Å². The van der Waals surface area contributed by atoms with Gasteiger partial charge in [0.05, 0.1) is 0 Å². The number of nitrogens with one attached hydrogen (secondary N) is 2. The van der Waals surface area contributed by atoms with Gasteiger partial charge in [-0.3, -0.25) is 14.4 Å². The summed E-state index contributed by atoms with van der Waals surface area (Å²) in [5, 5.41) is 5.63. The first-order valence-corrected chi connectivity index (χ1v) is 10.7. The quantitative estimate of drug-likeness (QED) is 0.720. The number of hydrogen-bond acceptors (Lipinski definition) is 3. The first kappa shape index (κ1) is 23.4. The number of amides is 3. The second kappa shape index (κ2) is 10.3. The molecule has 8 heteroatoms. The zero-order valence-corrected chi connectivity index (χ0v) is 18.1. The van der Waals surface area contributed by atoms with Crippen LogP contribution < -0.4 is 10.6 Å². The molecule has 2 aromatic carbocycles. The molecule has 0 aliphatic carbocycles. The van der Waals surface area contributed by atoms with Crippen molar-refractivity contribution < 1.29 is 23.2 Å². The van der Waals surface area contributed by atoms with Crippen LogP contribution in [-0.4, -0.2) is 47.8 Å². The van der Waals surface area contributed by atoms with E-state index in [1.807, 2.05) is 13.8 Å². The van der Waals surface area contributed by atoms with Gasteiger partial charge in [0.1, 0.15) is 17.7 Å². The molecule has 1 aliphatic heterocycles. The minimum absolute atomic E-state index is 0.104. The minimum atomic E-state index is -0.780. The van der Waals surface area contributed by atoms with E-state index < -0.39 is 23.6 Å². The molecule has 0 saturated carbocycles. The summed E-state index contributed by atoms with van der Waals surface area (Å²) in [4.78, 5) is 39.9. The van der Waals surface area contributed by atoms with Gasteiger partial charge in [0.2, 0.25) is 5.91 Å². The van der Waals surface area contributed by atoms with Gasteiger partial charge in [-0.2, -0.15) is 0 Å². The Kier molecular flexibility index (Phi) is 7.56. The largest absolute Gasteiger partial charge is 0.352 e. The van der Waals surface area contributed by atoms with Gasteiger partial charge in [-0.25, -0.2) is 8.78 Å². The summed E-state index contributed by atoms with van der Waals surface area (Å²) in [6, 6.07) is 9.63. The lowest BCUT2D eigenvalue weighted by atomic mass is 9.88. The highest BCUT2D eigenvalue weighted by molar-refractivity contribution is 5.97. The Morgan fingerprint density at radius 1 is 0.844 bits per heavy atom. The third-order valence-corrected chi connectivity index (χ3v) is 5.50. The Morgan fingerprint density at radius 2 is 1.34 bits per heavy atom. The molecule has 3 rings (SSSR count). The van der Waals surface area contributed by atoms with Crippen LogP contribution in [0.1, 0.15) is 47.4 Å². The molecular formula is C24H27F2N3O3. The van der Waals surface area contributed by atoms with Crippen molar-refractivity contribution in [3.63, 3.8) is 0 Å². The summed E-state index contributed by atoms with van der Waals surface area (Å²) in [6.45, 7) is 4.50. The van der Waals surface area contributed by atoms with Crippen LogP contribution in [-0.2, 0) is 4.79 Å².